The predicted octanol–water partition coefficient (Wildman–Crippen LogP) is 7.11. The lowest BCUT2D eigenvalue weighted by Crippen LogP contribution is -2.13. The fraction of sp³-hybridized carbons (Fsp3) is 0. The summed E-state index contributed by atoms with van der Waals surface area (Å²) >= 11 is 24.0. The van der Waals surface area contributed by atoms with Crippen molar-refractivity contribution in [3.8, 4) is 17.4 Å². The maximum atomic E-state index is 12.4. The normalized spacial score (nSPS) is 11.2. The minimum Gasteiger partial charge on any atom is -0.457 e. The molecule has 2 aromatic carbocycles. The van der Waals surface area contributed by atoms with E-state index in [0.717, 1.165) is 0 Å². The predicted molar refractivity (Wildman–Crippen MR) is 113 cm³/mol. The second-order valence-electron chi connectivity index (χ2n) is 5.59. The molecule has 1 aromatic heterocycles. The van der Waals surface area contributed by atoms with Gasteiger partial charge < -0.3 is 9.73 Å². The van der Waals surface area contributed by atoms with Crippen LogP contribution in [0.3, 0.4) is 0 Å². The van der Waals surface area contributed by atoms with E-state index in [1.54, 1.807) is 30.3 Å². The summed E-state index contributed by atoms with van der Waals surface area (Å²) in [6.45, 7) is 0. The molecule has 0 aliphatic heterocycles. The molecule has 0 spiro atoms. The highest BCUT2D eigenvalue weighted by Gasteiger charge is 2.14. The average molecular weight is 452 g/mol. The number of hydrogen-bond acceptors (Lipinski definition) is 3. The van der Waals surface area contributed by atoms with E-state index in [1.807, 2.05) is 6.07 Å². The molecule has 1 N–H and O–H groups in total. The first kappa shape index (κ1) is 20.3. The van der Waals surface area contributed by atoms with Gasteiger partial charge in [-0.3, -0.25) is 4.79 Å². The molecule has 140 valence electrons. The van der Waals surface area contributed by atoms with Gasteiger partial charge in [-0.25, -0.2) is 0 Å². The van der Waals surface area contributed by atoms with Crippen molar-refractivity contribution in [2.75, 3.05) is 5.32 Å². The number of hydrogen-bond donors (Lipinski definition) is 1. The summed E-state index contributed by atoms with van der Waals surface area (Å²) in [5.74, 6) is 0.138. The second kappa shape index (κ2) is 8.72. The van der Waals surface area contributed by atoms with Crippen LogP contribution in [0.15, 0.2) is 58.5 Å². The highest BCUT2D eigenvalue weighted by Crippen LogP contribution is 2.34. The zero-order valence-corrected chi connectivity index (χ0v) is 17.0. The molecule has 0 aliphatic carbocycles. The van der Waals surface area contributed by atoms with Gasteiger partial charge in [0, 0.05) is 27.4 Å². The first-order valence-electron chi connectivity index (χ1n) is 7.81. The summed E-state index contributed by atoms with van der Waals surface area (Å²) in [7, 11) is 0. The summed E-state index contributed by atoms with van der Waals surface area (Å²) < 4.78 is 5.68. The molecule has 8 heteroatoms. The van der Waals surface area contributed by atoms with E-state index in [0.29, 0.717) is 42.9 Å². The lowest BCUT2D eigenvalue weighted by Gasteiger charge is -2.05. The van der Waals surface area contributed by atoms with E-state index in [4.69, 9.17) is 50.8 Å². The molecule has 0 aliphatic rings. The van der Waals surface area contributed by atoms with Crippen molar-refractivity contribution >= 4 is 64.1 Å². The first-order chi connectivity index (χ1) is 13.4. The van der Waals surface area contributed by atoms with Gasteiger partial charge in [0.15, 0.2) is 0 Å². The van der Waals surface area contributed by atoms with Crippen LogP contribution in [-0.4, -0.2) is 5.91 Å². The Hall–Kier alpha value is -2.42. The molecule has 1 heterocycles. The van der Waals surface area contributed by atoms with Crippen molar-refractivity contribution in [2.24, 2.45) is 0 Å². The molecule has 4 nitrogen and oxygen atoms in total. The number of rotatable bonds is 4. The van der Waals surface area contributed by atoms with E-state index < -0.39 is 5.91 Å². The van der Waals surface area contributed by atoms with Crippen LogP contribution in [0.1, 0.15) is 5.76 Å². The minimum absolute atomic E-state index is 0.158. The highest BCUT2D eigenvalue weighted by atomic mass is 35.5. The molecule has 3 aromatic rings. The Kier molecular flexibility index (Phi) is 6.33. The summed E-state index contributed by atoms with van der Waals surface area (Å²) in [6, 6.07) is 14.9. The van der Waals surface area contributed by atoms with E-state index in [-0.39, 0.29) is 5.57 Å². The number of anilines is 1. The van der Waals surface area contributed by atoms with Crippen molar-refractivity contribution < 1.29 is 9.21 Å². The number of benzene rings is 2. The van der Waals surface area contributed by atoms with Gasteiger partial charge in [-0.05, 0) is 42.5 Å². The molecule has 1 amide bonds. The van der Waals surface area contributed by atoms with E-state index in [2.05, 4.69) is 5.32 Å². The number of nitriles is 1. The molecule has 0 bridgehead atoms. The lowest BCUT2D eigenvalue weighted by atomic mass is 10.2. The van der Waals surface area contributed by atoms with Crippen molar-refractivity contribution in [1.82, 2.24) is 0 Å². The Bertz CT molecular complexity index is 1110. The van der Waals surface area contributed by atoms with Crippen LogP contribution in [0.4, 0.5) is 5.69 Å². The van der Waals surface area contributed by atoms with Crippen molar-refractivity contribution in [3.63, 3.8) is 0 Å². The van der Waals surface area contributed by atoms with Crippen LogP contribution in [0.25, 0.3) is 17.4 Å². The maximum Gasteiger partial charge on any atom is 0.266 e. The Labute approximate surface area is 180 Å². The number of nitrogens with one attached hydrogen (secondary N) is 1. The maximum absolute atomic E-state index is 12.4. The number of halogens is 4. The molecule has 28 heavy (non-hydrogen) atoms. The number of furan rings is 1. The number of carbonyl (C=O) groups is 1. The molecule has 0 saturated carbocycles. The molecule has 0 atom stereocenters. The summed E-state index contributed by atoms with van der Waals surface area (Å²) in [6.07, 6.45) is 1.32. The van der Waals surface area contributed by atoms with Gasteiger partial charge >= 0.3 is 0 Å². The van der Waals surface area contributed by atoms with Crippen molar-refractivity contribution in [3.05, 3.63) is 80.0 Å². The molecular formula is C20H10Cl4N2O2. The standard InChI is InChI=1S/C20H10Cl4N2O2/c21-12-7-13(22)9-14(8-12)26-20(27)11(10-25)6-15-4-5-18(28-15)16-2-1-3-17(23)19(16)24/h1-9H,(H,26,27)/b11-6+. The van der Waals surface area contributed by atoms with Gasteiger partial charge in [-0.15, -0.1) is 0 Å². The number of nitrogens with zero attached hydrogens (tertiary/aromatic N) is 1. The molecule has 0 radical (unpaired) electrons. The largest absolute Gasteiger partial charge is 0.457 e. The Morgan fingerprint density at radius 3 is 2.43 bits per heavy atom. The Morgan fingerprint density at radius 1 is 1.04 bits per heavy atom. The molecular weight excluding hydrogens is 442 g/mol. The fourth-order valence-corrected chi connectivity index (χ4v) is 3.30. The lowest BCUT2D eigenvalue weighted by molar-refractivity contribution is -0.112. The molecule has 0 fully saturated rings. The molecule has 0 unspecified atom stereocenters. The first-order valence-corrected chi connectivity index (χ1v) is 9.32. The van der Waals surface area contributed by atoms with Crippen LogP contribution < -0.4 is 5.32 Å². The Balaban J connectivity index is 1.85. The average Bonchev–Trinajstić information content (AvgIpc) is 3.09. The summed E-state index contributed by atoms with van der Waals surface area (Å²) in [5, 5.41) is 13.4. The zero-order valence-electron chi connectivity index (χ0n) is 14.0. The van der Waals surface area contributed by atoms with Gasteiger partial charge in [-0.1, -0.05) is 52.5 Å². The van der Waals surface area contributed by atoms with Gasteiger partial charge in [-0.2, -0.15) is 5.26 Å². The SMILES string of the molecule is N#C/C(=C\c1ccc(-c2cccc(Cl)c2Cl)o1)C(=O)Nc1cc(Cl)cc(Cl)c1. The number of amides is 1. The van der Waals surface area contributed by atoms with Gasteiger partial charge in [0.25, 0.3) is 5.91 Å². The third-order valence-corrected chi connectivity index (χ3v) is 4.87. The highest BCUT2D eigenvalue weighted by molar-refractivity contribution is 6.43. The van der Waals surface area contributed by atoms with E-state index in [1.165, 1.54) is 24.3 Å². The van der Waals surface area contributed by atoms with Crippen molar-refractivity contribution in [2.45, 2.75) is 0 Å². The van der Waals surface area contributed by atoms with Gasteiger partial charge in [0.05, 0.1) is 10.0 Å². The Morgan fingerprint density at radius 2 is 1.75 bits per heavy atom. The van der Waals surface area contributed by atoms with Gasteiger partial charge in [0.2, 0.25) is 0 Å². The van der Waals surface area contributed by atoms with Crippen molar-refractivity contribution in [1.29, 1.82) is 5.26 Å². The van der Waals surface area contributed by atoms with Gasteiger partial charge in [0.1, 0.15) is 23.2 Å². The molecule has 3 rings (SSSR count). The topological polar surface area (TPSA) is 66.0 Å². The third-order valence-electron chi connectivity index (χ3n) is 3.62. The van der Waals surface area contributed by atoms with Crippen LogP contribution in [0.2, 0.25) is 20.1 Å². The number of carbonyl (C=O) groups excluding carboxylic acids is 1. The van der Waals surface area contributed by atoms with E-state index in [9.17, 15) is 10.1 Å². The van der Waals surface area contributed by atoms with Crippen LogP contribution >= 0.6 is 46.4 Å². The smallest absolute Gasteiger partial charge is 0.266 e. The fourth-order valence-electron chi connectivity index (χ4n) is 2.38. The van der Waals surface area contributed by atoms with Crippen LogP contribution in [0.5, 0.6) is 0 Å². The third kappa shape index (κ3) is 4.70. The van der Waals surface area contributed by atoms with Crippen LogP contribution in [0, 0.1) is 11.3 Å². The van der Waals surface area contributed by atoms with Crippen LogP contribution in [-0.2, 0) is 4.79 Å². The van der Waals surface area contributed by atoms with E-state index >= 15 is 0 Å². The summed E-state index contributed by atoms with van der Waals surface area (Å²) in [4.78, 5) is 12.4. The summed E-state index contributed by atoms with van der Waals surface area (Å²) in [5.41, 5.74) is 0.814. The monoisotopic (exact) mass is 450 g/mol. The molecule has 0 saturated heterocycles. The quantitative estimate of drug-likeness (QED) is 0.339. The second-order valence-corrected chi connectivity index (χ2v) is 7.24. The minimum atomic E-state index is -0.625. The zero-order chi connectivity index (χ0) is 20.3.